The largest absolute Gasteiger partial charge is 0.495 e. The van der Waals surface area contributed by atoms with Crippen molar-refractivity contribution in [3.8, 4) is 22.6 Å². The number of hydrogen-bond donors (Lipinski definition) is 4. The van der Waals surface area contributed by atoms with Gasteiger partial charge in [-0.05, 0) is 17.7 Å². The summed E-state index contributed by atoms with van der Waals surface area (Å²) >= 11 is 13.2. The average Bonchev–Trinajstić information content (AvgIpc) is 3.58. The number of nitrogens with zero attached hydrogens (tertiary/aromatic N) is 3. The first kappa shape index (κ1) is 24.8. The van der Waals surface area contributed by atoms with Crippen molar-refractivity contribution in [3.05, 3.63) is 77.1 Å². The highest BCUT2D eigenvalue weighted by Gasteiger charge is 2.22. The topological polar surface area (TPSA) is 144 Å². The number of nitrogens with one attached hydrogen (secondary N) is 3. The molecule has 5 N–H and O–H groups in total. The number of pyridine rings is 1. The minimum absolute atomic E-state index is 0.324. The summed E-state index contributed by atoms with van der Waals surface area (Å²) in [6.07, 6.45) is 7.90. The van der Waals surface area contributed by atoms with Crippen molar-refractivity contribution < 1.29 is 14.3 Å². The second-order valence-electron chi connectivity index (χ2n) is 7.24. The van der Waals surface area contributed by atoms with Crippen LogP contribution in [0, 0.1) is 0 Å². The van der Waals surface area contributed by atoms with Crippen LogP contribution in [0.25, 0.3) is 22.0 Å². The molecule has 0 aliphatic rings. The summed E-state index contributed by atoms with van der Waals surface area (Å²) in [6.45, 7) is 0. The molecule has 0 saturated carbocycles. The van der Waals surface area contributed by atoms with E-state index in [1.807, 2.05) is 6.07 Å². The Morgan fingerprint density at radius 3 is 2.33 bits per heavy atom. The number of aromatic amines is 2. The number of H-pyrrole nitrogens is 2. The number of nitrogen functional groups attached to an aromatic ring is 1. The zero-order valence-corrected chi connectivity index (χ0v) is 20.7. The number of carbonyl (C=O) groups is 1. The lowest BCUT2D eigenvalue weighted by atomic mass is 9.97. The van der Waals surface area contributed by atoms with Gasteiger partial charge in [0.05, 0.1) is 47.9 Å². The number of imidazole rings is 2. The van der Waals surface area contributed by atoms with Crippen LogP contribution in [0.15, 0.2) is 61.4 Å². The standard InChI is InChI=1S/C21H16Cl2N4O3.C3H5N3/c1-29-14-8-15(30-2)19(23)17(18(14)22)11-5-6-13(20-12(11)4-3-7-25-20)21(28)27-16-9-24-10-26-16;4-3-5-1-2-6-3/h3-10H,1-2H3,(H,24,26)(H,27,28);1-2H,(H3,4,5,6). The van der Waals surface area contributed by atoms with Crippen LogP contribution in [-0.2, 0) is 0 Å². The number of halogens is 2. The van der Waals surface area contributed by atoms with Gasteiger partial charge < -0.3 is 30.5 Å². The first-order valence-corrected chi connectivity index (χ1v) is 11.2. The number of anilines is 2. The molecule has 184 valence electrons. The molecule has 0 unspecified atom stereocenters. The molecular weight excluding hydrogens is 505 g/mol. The summed E-state index contributed by atoms with van der Waals surface area (Å²) in [7, 11) is 3.03. The minimum atomic E-state index is -0.324. The molecule has 0 atom stereocenters. The third-order valence-electron chi connectivity index (χ3n) is 5.12. The van der Waals surface area contributed by atoms with E-state index in [0.717, 1.165) is 0 Å². The molecule has 0 aliphatic heterocycles. The Morgan fingerprint density at radius 1 is 1.03 bits per heavy atom. The van der Waals surface area contributed by atoms with Gasteiger partial charge in [0.15, 0.2) is 5.95 Å². The second-order valence-corrected chi connectivity index (χ2v) is 7.99. The van der Waals surface area contributed by atoms with E-state index in [1.165, 1.54) is 26.7 Å². The molecule has 2 aromatic carbocycles. The Morgan fingerprint density at radius 2 is 1.78 bits per heavy atom. The maximum absolute atomic E-state index is 12.8. The van der Waals surface area contributed by atoms with Gasteiger partial charge >= 0.3 is 0 Å². The fourth-order valence-electron chi connectivity index (χ4n) is 3.49. The van der Waals surface area contributed by atoms with Crippen LogP contribution in [0.2, 0.25) is 10.0 Å². The lowest BCUT2D eigenvalue weighted by molar-refractivity contribution is 0.102. The number of ether oxygens (including phenoxy) is 2. The lowest BCUT2D eigenvalue weighted by Crippen LogP contribution is -2.13. The summed E-state index contributed by atoms with van der Waals surface area (Å²) in [5, 5.41) is 4.13. The summed E-state index contributed by atoms with van der Waals surface area (Å²) in [5.74, 6) is 1.47. The smallest absolute Gasteiger partial charge is 0.259 e. The number of amides is 1. The number of rotatable bonds is 5. The van der Waals surface area contributed by atoms with Gasteiger partial charge in [-0.25, -0.2) is 9.97 Å². The molecule has 3 heterocycles. The molecule has 5 aromatic rings. The molecule has 10 nitrogen and oxygen atoms in total. The second kappa shape index (κ2) is 11.0. The maximum atomic E-state index is 12.8. The van der Waals surface area contributed by atoms with E-state index in [1.54, 1.807) is 42.9 Å². The van der Waals surface area contributed by atoms with Gasteiger partial charge in [-0.1, -0.05) is 35.3 Å². The molecular formula is C24H21Cl2N7O3. The molecule has 3 aromatic heterocycles. The molecule has 0 fully saturated rings. The first-order valence-electron chi connectivity index (χ1n) is 10.5. The van der Waals surface area contributed by atoms with Crippen LogP contribution in [0.5, 0.6) is 11.5 Å². The monoisotopic (exact) mass is 525 g/mol. The van der Waals surface area contributed by atoms with Crippen molar-refractivity contribution >= 4 is 51.8 Å². The van der Waals surface area contributed by atoms with Gasteiger partial charge in [0.2, 0.25) is 0 Å². The number of hydrogen-bond acceptors (Lipinski definition) is 7. The highest BCUT2D eigenvalue weighted by Crippen LogP contribution is 2.47. The summed E-state index contributed by atoms with van der Waals surface area (Å²) in [4.78, 5) is 30.3. The Bertz CT molecular complexity index is 1460. The highest BCUT2D eigenvalue weighted by molar-refractivity contribution is 6.41. The van der Waals surface area contributed by atoms with Crippen molar-refractivity contribution in [1.29, 1.82) is 0 Å². The third-order valence-corrected chi connectivity index (χ3v) is 5.87. The van der Waals surface area contributed by atoms with E-state index in [-0.39, 0.29) is 5.91 Å². The Balaban J connectivity index is 0.000000445. The zero-order valence-electron chi connectivity index (χ0n) is 19.2. The lowest BCUT2D eigenvalue weighted by Gasteiger charge is -2.17. The quantitative estimate of drug-likeness (QED) is 0.247. The fraction of sp³-hybridized carbons (Fsp3) is 0.0833. The van der Waals surface area contributed by atoms with Crippen LogP contribution in [-0.4, -0.2) is 45.0 Å². The van der Waals surface area contributed by atoms with E-state index in [9.17, 15) is 4.79 Å². The van der Waals surface area contributed by atoms with E-state index in [2.05, 4.69) is 30.2 Å². The molecule has 1 amide bonds. The number of nitrogens with two attached hydrogens (primary N) is 1. The van der Waals surface area contributed by atoms with Gasteiger partial charge in [-0.3, -0.25) is 9.78 Å². The van der Waals surface area contributed by atoms with Crippen LogP contribution < -0.4 is 20.5 Å². The first-order chi connectivity index (χ1) is 17.4. The fourth-order valence-corrected chi connectivity index (χ4v) is 4.19. The van der Waals surface area contributed by atoms with Crippen molar-refractivity contribution in [1.82, 2.24) is 24.9 Å². The predicted octanol–water partition coefficient (Wildman–Crippen LogP) is 5.19. The zero-order chi connectivity index (χ0) is 25.7. The van der Waals surface area contributed by atoms with Crippen LogP contribution in [0.4, 0.5) is 11.8 Å². The van der Waals surface area contributed by atoms with Crippen LogP contribution >= 0.6 is 23.2 Å². The number of methoxy groups -OCH3 is 2. The average molecular weight is 526 g/mol. The van der Waals surface area contributed by atoms with Gasteiger partial charge in [-0.2, -0.15) is 0 Å². The SMILES string of the molecule is COc1cc(OC)c(Cl)c(-c2ccc(C(=O)Nc3cnc[nH]3)c3ncccc23)c1Cl.Nc1ncc[nH]1. The molecule has 0 radical (unpaired) electrons. The Hall–Kier alpha value is -4.28. The molecule has 0 aliphatic carbocycles. The third kappa shape index (κ3) is 5.04. The Kier molecular flexibility index (Phi) is 7.57. The minimum Gasteiger partial charge on any atom is -0.495 e. The van der Waals surface area contributed by atoms with Gasteiger partial charge in [-0.15, -0.1) is 0 Å². The highest BCUT2D eigenvalue weighted by atomic mass is 35.5. The van der Waals surface area contributed by atoms with E-state index < -0.39 is 0 Å². The van der Waals surface area contributed by atoms with Gasteiger partial charge in [0.25, 0.3) is 5.91 Å². The van der Waals surface area contributed by atoms with E-state index in [4.69, 9.17) is 38.4 Å². The maximum Gasteiger partial charge on any atom is 0.259 e. The van der Waals surface area contributed by atoms with E-state index >= 15 is 0 Å². The molecule has 0 spiro atoms. The molecule has 0 bridgehead atoms. The summed E-state index contributed by atoms with van der Waals surface area (Å²) in [6, 6.07) is 8.71. The van der Waals surface area contributed by atoms with E-state index in [0.29, 0.717) is 60.9 Å². The predicted molar refractivity (Wildman–Crippen MR) is 140 cm³/mol. The summed E-state index contributed by atoms with van der Waals surface area (Å²) in [5.41, 5.74) is 7.24. The van der Waals surface area contributed by atoms with Gasteiger partial charge in [0.1, 0.15) is 17.3 Å². The van der Waals surface area contributed by atoms with Crippen molar-refractivity contribution in [2.75, 3.05) is 25.3 Å². The number of fused-ring (bicyclic) bond motifs is 1. The molecule has 12 heteroatoms. The van der Waals surface area contributed by atoms with Crippen LogP contribution in [0.3, 0.4) is 0 Å². The number of carbonyl (C=O) groups excluding carboxylic acids is 1. The van der Waals surface area contributed by atoms with Crippen molar-refractivity contribution in [2.24, 2.45) is 0 Å². The normalized spacial score (nSPS) is 10.4. The Labute approximate surface area is 215 Å². The molecule has 0 saturated heterocycles. The molecule has 36 heavy (non-hydrogen) atoms. The van der Waals surface area contributed by atoms with Gasteiger partial charge in [0, 0.05) is 35.6 Å². The van der Waals surface area contributed by atoms with Crippen LogP contribution in [0.1, 0.15) is 10.4 Å². The molecule has 5 rings (SSSR count). The van der Waals surface area contributed by atoms with Crippen molar-refractivity contribution in [3.63, 3.8) is 0 Å². The number of benzene rings is 2. The number of aromatic nitrogens is 5. The summed E-state index contributed by atoms with van der Waals surface area (Å²) < 4.78 is 10.8. The van der Waals surface area contributed by atoms with Crippen molar-refractivity contribution in [2.45, 2.75) is 0 Å².